The summed E-state index contributed by atoms with van der Waals surface area (Å²) in [5.41, 5.74) is 2.78. The highest BCUT2D eigenvalue weighted by molar-refractivity contribution is 5.29. The second-order valence-electron chi connectivity index (χ2n) is 8.28. The van der Waals surface area contributed by atoms with E-state index in [0.29, 0.717) is 12.0 Å². The quantitative estimate of drug-likeness (QED) is 0.475. The van der Waals surface area contributed by atoms with Gasteiger partial charge < -0.3 is 10.1 Å². The molecule has 1 N–H and O–H groups in total. The zero-order chi connectivity index (χ0) is 19.6. The van der Waals surface area contributed by atoms with Gasteiger partial charge >= 0.3 is 0 Å². The third kappa shape index (κ3) is 7.76. The SMILES string of the molecule is CC(C)CC[C@@H](CCN[C@@H](C)c1ccccc1)c1ccc(OC(C)C)cc1. The third-order valence-electron chi connectivity index (χ3n) is 5.06. The number of nitrogens with one attached hydrogen (secondary N) is 1. The van der Waals surface area contributed by atoms with Crippen LogP contribution in [-0.4, -0.2) is 12.6 Å². The molecule has 0 aliphatic rings. The smallest absolute Gasteiger partial charge is 0.119 e. The Balaban J connectivity index is 1.95. The lowest BCUT2D eigenvalue weighted by Gasteiger charge is -2.21. The van der Waals surface area contributed by atoms with Gasteiger partial charge in [-0.15, -0.1) is 0 Å². The summed E-state index contributed by atoms with van der Waals surface area (Å²) in [6.45, 7) is 12.0. The molecule has 0 heterocycles. The molecule has 148 valence electrons. The van der Waals surface area contributed by atoms with Crippen molar-refractivity contribution in [2.24, 2.45) is 5.92 Å². The number of benzene rings is 2. The first-order valence-corrected chi connectivity index (χ1v) is 10.5. The molecule has 2 nitrogen and oxygen atoms in total. The van der Waals surface area contributed by atoms with Crippen LogP contribution in [0.3, 0.4) is 0 Å². The van der Waals surface area contributed by atoms with E-state index in [2.05, 4.69) is 94.5 Å². The maximum atomic E-state index is 5.80. The van der Waals surface area contributed by atoms with Crippen LogP contribution in [0.15, 0.2) is 54.6 Å². The fraction of sp³-hybridized carbons (Fsp3) is 0.520. The van der Waals surface area contributed by atoms with Crippen molar-refractivity contribution in [1.82, 2.24) is 5.32 Å². The summed E-state index contributed by atoms with van der Waals surface area (Å²) in [6.07, 6.45) is 3.89. The van der Waals surface area contributed by atoms with Gasteiger partial charge in [0, 0.05) is 6.04 Å². The van der Waals surface area contributed by atoms with Crippen LogP contribution in [0.5, 0.6) is 5.75 Å². The highest BCUT2D eigenvalue weighted by Crippen LogP contribution is 2.28. The van der Waals surface area contributed by atoms with Crippen LogP contribution in [0, 0.1) is 5.92 Å². The Labute approximate surface area is 166 Å². The summed E-state index contributed by atoms with van der Waals surface area (Å²) in [4.78, 5) is 0. The van der Waals surface area contributed by atoms with Crippen molar-refractivity contribution >= 4 is 0 Å². The van der Waals surface area contributed by atoms with Crippen molar-refractivity contribution in [3.8, 4) is 5.75 Å². The van der Waals surface area contributed by atoms with Crippen molar-refractivity contribution in [2.45, 2.75) is 71.9 Å². The van der Waals surface area contributed by atoms with Gasteiger partial charge in [0.05, 0.1) is 6.10 Å². The van der Waals surface area contributed by atoms with E-state index >= 15 is 0 Å². The molecule has 2 heteroatoms. The summed E-state index contributed by atoms with van der Waals surface area (Å²) in [5.74, 6) is 2.30. The fourth-order valence-electron chi connectivity index (χ4n) is 3.44. The molecule has 0 aromatic heterocycles. The number of hydrogen-bond donors (Lipinski definition) is 1. The third-order valence-corrected chi connectivity index (χ3v) is 5.06. The molecule has 2 aromatic rings. The minimum absolute atomic E-state index is 0.219. The monoisotopic (exact) mass is 367 g/mol. The molecular weight excluding hydrogens is 330 g/mol. The molecule has 0 amide bonds. The average molecular weight is 368 g/mol. The van der Waals surface area contributed by atoms with Crippen LogP contribution in [0.4, 0.5) is 0 Å². The minimum atomic E-state index is 0.219. The van der Waals surface area contributed by atoms with Gasteiger partial charge in [0.25, 0.3) is 0 Å². The Morgan fingerprint density at radius 3 is 2.00 bits per heavy atom. The zero-order valence-electron chi connectivity index (χ0n) is 17.7. The number of hydrogen-bond acceptors (Lipinski definition) is 2. The molecule has 0 radical (unpaired) electrons. The van der Waals surface area contributed by atoms with Gasteiger partial charge in [-0.05, 0) is 75.3 Å². The molecule has 2 aromatic carbocycles. The lowest BCUT2D eigenvalue weighted by Crippen LogP contribution is -2.21. The van der Waals surface area contributed by atoms with Gasteiger partial charge in [-0.25, -0.2) is 0 Å². The Bertz CT molecular complexity index is 633. The Morgan fingerprint density at radius 2 is 1.41 bits per heavy atom. The molecule has 2 atom stereocenters. The molecule has 0 unspecified atom stereocenters. The summed E-state index contributed by atoms with van der Waals surface area (Å²) in [7, 11) is 0. The van der Waals surface area contributed by atoms with Crippen molar-refractivity contribution in [3.05, 3.63) is 65.7 Å². The summed E-state index contributed by atoms with van der Waals surface area (Å²) in [6, 6.07) is 19.8. The average Bonchev–Trinajstić information content (AvgIpc) is 2.65. The van der Waals surface area contributed by atoms with Crippen molar-refractivity contribution in [2.75, 3.05) is 6.54 Å². The first-order valence-electron chi connectivity index (χ1n) is 10.5. The highest BCUT2D eigenvalue weighted by Gasteiger charge is 2.14. The van der Waals surface area contributed by atoms with Gasteiger partial charge in [-0.3, -0.25) is 0 Å². The van der Waals surface area contributed by atoms with Crippen LogP contribution in [-0.2, 0) is 0 Å². The number of rotatable bonds is 11. The maximum Gasteiger partial charge on any atom is 0.119 e. The molecule has 27 heavy (non-hydrogen) atoms. The minimum Gasteiger partial charge on any atom is -0.491 e. The maximum absolute atomic E-state index is 5.80. The van der Waals surface area contributed by atoms with Gasteiger partial charge in [0.1, 0.15) is 5.75 Å². The van der Waals surface area contributed by atoms with Crippen LogP contribution in [0.1, 0.15) is 77.0 Å². The highest BCUT2D eigenvalue weighted by atomic mass is 16.5. The van der Waals surface area contributed by atoms with Gasteiger partial charge in [-0.2, -0.15) is 0 Å². The van der Waals surface area contributed by atoms with Crippen molar-refractivity contribution in [1.29, 1.82) is 0 Å². The van der Waals surface area contributed by atoms with E-state index in [1.807, 2.05) is 0 Å². The molecule has 2 rings (SSSR count). The second kappa shape index (κ2) is 11.1. The van der Waals surface area contributed by atoms with Crippen molar-refractivity contribution < 1.29 is 4.74 Å². The molecule has 0 bridgehead atoms. The molecule has 0 aliphatic carbocycles. The zero-order valence-corrected chi connectivity index (χ0v) is 17.7. The summed E-state index contributed by atoms with van der Waals surface area (Å²) < 4.78 is 5.80. The van der Waals surface area contributed by atoms with Crippen molar-refractivity contribution in [3.63, 3.8) is 0 Å². The molecule has 0 saturated heterocycles. The Morgan fingerprint density at radius 1 is 0.741 bits per heavy atom. The predicted octanol–water partition coefficient (Wildman–Crippen LogP) is 6.73. The van der Waals surface area contributed by atoms with E-state index in [9.17, 15) is 0 Å². The molecule has 0 spiro atoms. The van der Waals surface area contributed by atoms with Crippen LogP contribution in [0.25, 0.3) is 0 Å². The molecule has 0 saturated carbocycles. The van der Waals surface area contributed by atoms with E-state index in [-0.39, 0.29) is 6.10 Å². The normalized spacial score (nSPS) is 13.7. The number of ether oxygens (including phenoxy) is 1. The van der Waals surface area contributed by atoms with Gasteiger partial charge in [-0.1, -0.05) is 62.7 Å². The fourth-order valence-corrected chi connectivity index (χ4v) is 3.44. The van der Waals surface area contributed by atoms with Crippen LogP contribution >= 0.6 is 0 Å². The summed E-state index contributed by atoms with van der Waals surface area (Å²) in [5, 5.41) is 3.70. The first kappa shape index (κ1) is 21.5. The predicted molar refractivity (Wildman–Crippen MR) is 116 cm³/mol. The lowest BCUT2D eigenvalue weighted by molar-refractivity contribution is 0.242. The van der Waals surface area contributed by atoms with Crippen LogP contribution in [0.2, 0.25) is 0 Å². The van der Waals surface area contributed by atoms with Crippen LogP contribution < -0.4 is 10.1 Å². The largest absolute Gasteiger partial charge is 0.491 e. The van der Waals surface area contributed by atoms with E-state index in [1.54, 1.807) is 0 Å². The first-order chi connectivity index (χ1) is 13.0. The van der Waals surface area contributed by atoms with E-state index in [4.69, 9.17) is 4.74 Å². The topological polar surface area (TPSA) is 21.3 Å². The molecule has 0 fully saturated rings. The van der Waals surface area contributed by atoms with E-state index in [0.717, 1.165) is 24.6 Å². The standard InChI is InChI=1S/C25H37NO/c1-19(2)11-12-24(23-13-15-25(16-14-23)27-20(3)4)17-18-26-21(5)22-9-7-6-8-10-22/h6-10,13-16,19-21,24,26H,11-12,17-18H2,1-5H3/t21-,24-/m0/s1. The van der Waals surface area contributed by atoms with Gasteiger partial charge in [0.15, 0.2) is 0 Å². The Hall–Kier alpha value is -1.80. The molecule has 0 aliphatic heterocycles. The Kier molecular flexibility index (Phi) is 8.87. The summed E-state index contributed by atoms with van der Waals surface area (Å²) >= 11 is 0. The molecular formula is C25H37NO. The van der Waals surface area contributed by atoms with E-state index < -0.39 is 0 Å². The van der Waals surface area contributed by atoms with E-state index in [1.165, 1.54) is 24.0 Å². The second-order valence-corrected chi connectivity index (χ2v) is 8.28. The lowest BCUT2D eigenvalue weighted by atomic mass is 9.88. The van der Waals surface area contributed by atoms with Gasteiger partial charge in [0.2, 0.25) is 0 Å².